The van der Waals surface area contributed by atoms with Crippen LogP contribution in [0.2, 0.25) is 0 Å². The van der Waals surface area contributed by atoms with Crippen molar-refractivity contribution in [3.05, 3.63) is 87.1 Å². The number of anilines is 2. The highest BCUT2D eigenvalue weighted by atomic mass is 32.2. The number of carbonyl (C=O) groups excluding carboxylic acids is 1. The molecule has 0 fully saturated rings. The van der Waals surface area contributed by atoms with E-state index in [4.69, 9.17) is 4.74 Å². The number of methoxy groups -OCH3 is 1. The van der Waals surface area contributed by atoms with Crippen molar-refractivity contribution >= 4 is 38.5 Å². The van der Waals surface area contributed by atoms with Crippen molar-refractivity contribution in [2.75, 3.05) is 16.7 Å². The van der Waals surface area contributed by atoms with Crippen LogP contribution in [0.3, 0.4) is 0 Å². The van der Waals surface area contributed by atoms with Gasteiger partial charge in [0.1, 0.15) is 10.6 Å². The molecular weight excluding hydrogens is 420 g/mol. The zero-order valence-corrected chi connectivity index (χ0v) is 18.1. The van der Waals surface area contributed by atoms with E-state index in [1.165, 1.54) is 21.8 Å². The van der Waals surface area contributed by atoms with Gasteiger partial charge in [0.25, 0.3) is 10.0 Å². The first-order chi connectivity index (χ1) is 14.4. The predicted molar refractivity (Wildman–Crippen MR) is 120 cm³/mol. The van der Waals surface area contributed by atoms with Crippen LogP contribution in [0.25, 0.3) is 0 Å². The molecule has 1 aliphatic heterocycles. The molecule has 0 bridgehead atoms. The zero-order chi connectivity index (χ0) is 21.3. The van der Waals surface area contributed by atoms with Crippen LogP contribution in [0.1, 0.15) is 20.8 Å². The number of hydrogen-bond donors (Lipinski definition) is 1. The zero-order valence-electron chi connectivity index (χ0n) is 16.5. The molecule has 30 heavy (non-hydrogen) atoms. The van der Waals surface area contributed by atoms with E-state index in [0.29, 0.717) is 22.0 Å². The lowest BCUT2D eigenvalue weighted by molar-refractivity contribution is 0.104. The molecule has 4 rings (SSSR count). The van der Waals surface area contributed by atoms with Crippen LogP contribution in [0.15, 0.2) is 71.1 Å². The summed E-state index contributed by atoms with van der Waals surface area (Å²) in [5, 5.41) is 4.66. The fourth-order valence-corrected chi connectivity index (χ4v) is 5.66. The summed E-state index contributed by atoms with van der Waals surface area (Å²) in [6, 6.07) is 16.4. The predicted octanol–water partition coefficient (Wildman–Crippen LogP) is 4.55. The van der Waals surface area contributed by atoms with Crippen molar-refractivity contribution in [2.24, 2.45) is 0 Å². The number of ether oxygens (including phenoxy) is 1. The van der Waals surface area contributed by atoms with Crippen molar-refractivity contribution in [1.29, 1.82) is 0 Å². The molecule has 0 saturated carbocycles. The van der Waals surface area contributed by atoms with E-state index in [0.717, 1.165) is 11.1 Å². The van der Waals surface area contributed by atoms with Gasteiger partial charge in [0, 0.05) is 18.0 Å². The number of ketones is 1. The average Bonchev–Trinajstić information content (AvgIpc) is 3.22. The van der Waals surface area contributed by atoms with Crippen LogP contribution >= 0.6 is 11.3 Å². The fourth-order valence-electron chi connectivity index (χ4n) is 3.18. The van der Waals surface area contributed by atoms with Crippen molar-refractivity contribution < 1.29 is 17.9 Å². The molecule has 1 N–H and O–H groups in total. The molecule has 2 aromatic carbocycles. The summed E-state index contributed by atoms with van der Waals surface area (Å²) in [5.74, 6) is 0.119. The first kappa shape index (κ1) is 20.2. The van der Waals surface area contributed by atoms with E-state index >= 15 is 0 Å². The molecule has 0 saturated heterocycles. The van der Waals surface area contributed by atoms with Crippen molar-refractivity contribution in [3.8, 4) is 5.75 Å². The summed E-state index contributed by atoms with van der Waals surface area (Å²) in [6.07, 6.45) is 1.26. The topological polar surface area (TPSA) is 75.7 Å². The number of benzene rings is 2. The molecule has 154 valence electrons. The maximum absolute atomic E-state index is 13.4. The van der Waals surface area contributed by atoms with Gasteiger partial charge in [-0.1, -0.05) is 35.9 Å². The summed E-state index contributed by atoms with van der Waals surface area (Å²) < 4.78 is 33.2. The number of fused-ring (bicyclic) bond motifs is 1. The van der Waals surface area contributed by atoms with E-state index in [-0.39, 0.29) is 11.4 Å². The minimum absolute atomic E-state index is 0.149. The van der Waals surface area contributed by atoms with Gasteiger partial charge in [-0.2, -0.15) is 0 Å². The van der Waals surface area contributed by atoms with Crippen LogP contribution in [0.5, 0.6) is 5.75 Å². The number of allylic oxidation sites excluding steroid dienone is 1. The van der Waals surface area contributed by atoms with Crippen LogP contribution in [0, 0.1) is 6.92 Å². The first-order valence-electron chi connectivity index (χ1n) is 9.21. The van der Waals surface area contributed by atoms with Gasteiger partial charge in [-0.15, -0.1) is 11.3 Å². The van der Waals surface area contributed by atoms with Gasteiger partial charge in [-0.3, -0.25) is 9.10 Å². The largest absolute Gasteiger partial charge is 0.497 e. The Hall–Kier alpha value is -3.10. The van der Waals surface area contributed by atoms with Gasteiger partial charge in [0.2, 0.25) is 5.78 Å². The number of carbonyl (C=O) groups is 1. The molecule has 3 aromatic rings. The molecule has 0 atom stereocenters. The van der Waals surface area contributed by atoms with Crippen molar-refractivity contribution in [1.82, 2.24) is 0 Å². The number of sulfonamides is 1. The minimum Gasteiger partial charge on any atom is -0.497 e. The van der Waals surface area contributed by atoms with Crippen LogP contribution in [-0.2, 0) is 16.6 Å². The molecule has 0 unspecified atom stereocenters. The highest BCUT2D eigenvalue weighted by Gasteiger charge is 2.41. The standard InChI is InChI=1S/C22H20N2O4S2/c1-15-6-8-16(9-7-15)14-24-19-10-11-29-22(19)21(25)20(30(24,26)27)13-23-17-4-3-5-18(12-17)28-2/h3-13,23H,14H2,1-2H3. The van der Waals surface area contributed by atoms with Gasteiger partial charge in [0.15, 0.2) is 4.91 Å². The highest BCUT2D eigenvalue weighted by Crippen LogP contribution is 2.39. The van der Waals surface area contributed by atoms with E-state index in [2.05, 4.69) is 5.32 Å². The smallest absolute Gasteiger partial charge is 0.270 e. The lowest BCUT2D eigenvalue weighted by Gasteiger charge is -2.29. The molecule has 2 heterocycles. The van der Waals surface area contributed by atoms with Crippen molar-refractivity contribution in [2.45, 2.75) is 13.5 Å². The number of thiophene rings is 1. The Balaban J connectivity index is 1.72. The maximum atomic E-state index is 13.4. The number of nitrogens with zero attached hydrogens (tertiary/aromatic N) is 1. The molecular formula is C22H20N2O4S2. The Morgan fingerprint density at radius 1 is 1.13 bits per heavy atom. The second-order valence-corrected chi connectivity index (χ2v) is 9.59. The molecule has 8 heteroatoms. The Labute approximate surface area is 179 Å². The van der Waals surface area contributed by atoms with E-state index in [1.807, 2.05) is 31.2 Å². The lowest BCUT2D eigenvalue weighted by Crippen LogP contribution is -2.38. The number of Topliss-reactive ketones (excluding diaryl/α,β-unsaturated/α-hetero) is 1. The Morgan fingerprint density at radius 2 is 1.90 bits per heavy atom. The van der Waals surface area contributed by atoms with Gasteiger partial charge >= 0.3 is 0 Å². The SMILES string of the molecule is COc1cccc(NC=C2C(=O)c3sccc3N(Cc3ccc(C)cc3)S2(=O)=O)c1. The Bertz CT molecular complexity index is 1230. The summed E-state index contributed by atoms with van der Waals surface area (Å²) in [5.41, 5.74) is 2.97. The normalized spacial score (nSPS) is 16.4. The van der Waals surface area contributed by atoms with Gasteiger partial charge in [-0.25, -0.2) is 8.42 Å². The third-order valence-corrected chi connectivity index (χ3v) is 7.47. The van der Waals surface area contributed by atoms with E-state index in [9.17, 15) is 13.2 Å². The lowest BCUT2D eigenvalue weighted by atomic mass is 10.1. The van der Waals surface area contributed by atoms with Gasteiger partial charge < -0.3 is 10.1 Å². The Morgan fingerprint density at radius 3 is 2.63 bits per heavy atom. The summed E-state index contributed by atoms with van der Waals surface area (Å²) in [4.78, 5) is 13.1. The molecule has 0 radical (unpaired) electrons. The van der Waals surface area contributed by atoms with Crippen LogP contribution < -0.4 is 14.4 Å². The van der Waals surface area contributed by atoms with Gasteiger partial charge in [0.05, 0.1) is 19.3 Å². The molecule has 1 aromatic heterocycles. The third-order valence-electron chi connectivity index (χ3n) is 4.80. The molecule has 0 aliphatic carbocycles. The second-order valence-electron chi connectivity index (χ2n) is 6.85. The van der Waals surface area contributed by atoms with Gasteiger partial charge in [-0.05, 0) is 36.1 Å². The van der Waals surface area contributed by atoms with Crippen LogP contribution in [0.4, 0.5) is 11.4 Å². The fraction of sp³-hybridized carbons (Fsp3) is 0.136. The molecule has 0 spiro atoms. The maximum Gasteiger partial charge on any atom is 0.270 e. The molecule has 1 aliphatic rings. The summed E-state index contributed by atoms with van der Waals surface area (Å²) in [7, 11) is -2.48. The quantitative estimate of drug-likeness (QED) is 0.589. The highest BCUT2D eigenvalue weighted by molar-refractivity contribution is 7.97. The third kappa shape index (κ3) is 3.71. The average molecular weight is 441 g/mol. The van der Waals surface area contributed by atoms with E-state index < -0.39 is 15.8 Å². The molecule has 0 amide bonds. The minimum atomic E-state index is -4.03. The summed E-state index contributed by atoms with van der Waals surface area (Å²) >= 11 is 1.24. The van der Waals surface area contributed by atoms with Crippen molar-refractivity contribution in [3.63, 3.8) is 0 Å². The summed E-state index contributed by atoms with van der Waals surface area (Å²) in [6.45, 7) is 2.12. The van der Waals surface area contributed by atoms with E-state index in [1.54, 1.807) is 42.8 Å². The number of hydrogen-bond acceptors (Lipinski definition) is 6. The monoisotopic (exact) mass is 440 g/mol. The number of nitrogens with one attached hydrogen (secondary N) is 1. The Kier molecular flexibility index (Phi) is 5.36. The number of aryl methyl sites for hydroxylation is 1. The van der Waals surface area contributed by atoms with Crippen LogP contribution in [-0.4, -0.2) is 21.3 Å². The molecule has 6 nitrogen and oxygen atoms in total. The second kappa shape index (κ2) is 7.97. The first-order valence-corrected chi connectivity index (χ1v) is 11.5. The number of rotatable bonds is 5.